The van der Waals surface area contributed by atoms with Crippen LogP contribution >= 0.6 is 11.6 Å². The first-order valence-electron chi connectivity index (χ1n) is 8.72. The van der Waals surface area contributed by atoms with Crippen LogP contribution in [0.1, 0.15) is 22.8 Å². The summed E-state index contributed by atoms with van der Waals surface area (Å²) in [5, 5.41) is 7.68. The van der Waals surface area contributed by atoms with E-state index in [2.05, 4.69) is 16.0 Å². The molecule has 2 aromatic carbocycles. The van der Waals surface area contributed by atoms with Crippen LogP contribution in [0.25, 0.3) is 0 Å². The lowest BCUT2D eigenvalue weighted by Gasteiger charge is -2.10. The number of anilines is 2. The minimum absolute atomic E-state index is 0.252. The summed E-state index contributed by atoms with van der Waals surface area (Å²) in [5.41, 5.74) is 1.96. The van der Waals surface area contributed by atoms with Gasteiger partial charge in [-0.3, -0.25) is 14.4 Å². The predicted octanol–water partition coefficient (Wildman–Crippen LogP) is 2.52. The van der Waals surface area contributed by atoms with Crippen LogP contribution in [0.2, 0.25) is 5.02 Å². The summed E-state index contributed by atoms with van der Waals surface area (Å²) >= 11 is 5.89. The highest BCUT2D eigenvalue weighted by molar-refractivity contribution is 6.40. The molecule has 29 heavy (non-hydrogen) atoms. The normalized spacial score (nSPS) is 10.0. The summed E-state index contributed by atoms with van der Waals surface area (Å²) in [6.07, 6.45) is 0. The molecule has 0 unspecified atom stereocenters. The van der Waals surface area contributed by atoms with E-state index in [1.54, 1.807) is 32.0 Å². The molecule has 0 aliphatic heterocycles. The van der Waals surface area contributed by atoms with Gasteiger partial charge in [0.15, 0.2) is 0 Å². The third-order valence-electron chi connectivity index (χ3n) is 3.74. The van der Waals surface area contributed by atoms with Crippen LogP contribution in [0, 0.1) is 6.92 Å². The number of hydrogen-bond donors (Lipinski definition) is 3. The number of hydrogen-bond acceptors (Lipinski definition) is 5. The van der Waals surface area contributed by atoms with E-state index in [0.29, 0.717) is 22.0 Å². The van der Waals surface area contributed by atoms with Gasteiger partial charge in [0.25, 0.3) is 0 Å². The fraction of sp³-hybridized carbons (Fsp3) is 0.200. The lowest BCUT2D eigenvalue weighted by Crippen LogP contribution is -2.39. The van der Waals surface area contributed by atoms with Gasteiger partial charge in [0.1, 0.15) is 0 Å². The number of benzene rings is 2. The van der Waals surface area contributed by atoms with E-state index in [-0.39, 0.29) is 13.2 Å². The predicted molar refractivity (Wildman–Crippen MR) is 109 cm³/mol. The number of carbonyl (C=O) groups excluding carboxylic acids is 4. The highest BCUT2D eigenvalue weighted by Gasteiger charge is 2.16. The van der Waals surface area contributed by atoms with E-state index in [0.717, 1.165) is 5.56 Å². The van der Waals surface area contributed by atoms with Crippen molar-refractivity contribution in [2.45, 2.75) is 13.8 Å². The SMILES string of the molecule is CCOC(=O)c1ccc(NC(=O)C(=O)NCC(=O)Nc2cc(Cl)ccc2C)cc1. The molecule has 0 saturated heterocycles. The average molecular weight is 418 g/mol. The standard InChI is InChI=1S/C20H20ClN3O5/c1-3-29-20(28)13-5-8-15(9-6-13)23-19(27)18(26)22-11-17(25)24-16-10-14(21)7-4-12(16)2/h4-10H,3,11H2,1-2H3,(H,22,26)(H,23,27)(H,24,25). The minimum Gasteiger partial charge on any atom is -0.462 e. The van der Waals surface area contributed by atoms with Crippen molar-refractivity contribution in [3.63, 3.8) is 0 Å². The van der Waals surface area contributed by atoms with Gasteiger partial charge in [-0.1, -0.05) is 17.7 Å². The van der Waals surface area contributed by atoms with Crippen LogP contribution in [0.15, 0.2) is 42.5 Å². The van der Waals surface area contributed by atoms with Crippen molar-refractivity contribution < 1.29 is 23.9 Å². The zero-order valence-corrected chi connectivity index (χ0v) is 16.6. The van der Waals surface area contributed by atoms with Gasteiger partial charge in [-0.15, -0.1) is 0 Å². The van der Waals surface area contributed by atoms with Gasteiger partial charge in [0.2, 0.25) is 5.91 Å². The van der Waals surface area contributed by atoms with E-state index in [9.17, 15) is 19.2 Å². The summed E-state index contributed by atoms with van der Waals surface area (Å²) in [4.78, 5) is 47.4. The Bertz CT molecular complexity index is 928. The summed E-state index contributed by atoms with van der Waals surface area (Å²) in [6, 6.07) is 10.9. The van der Waals surface area contributed by atoms with Crippen molar-refractivity contribution in [2.75, 3.05) is 23.8 Å². The van der Waals surface area contributed by atoms with Crippen molar-refractivity contribution in [3.05, 3.63) is 58.6 Å². The van der Waals surface area contributed by atoms with Crippen LogP contribution < -0.4 is 16.0 Å². The molecule has 2 rings (SSSR count). The van der Waals surface area contributed by atoms with Crippen molar-refractivity contribution >= 4 is 46.7 Å². The molecular weight excluding hydrogens is 398 g/mol. The highest BCUT2D eigenvalue weighted by Crippen LogP contribution is 2.19. The number of ether oxygens (including phenoxy) is 1. The number of halogens is 1. The molecule has 3 N–H and O–H groups in total. The lowest BCUT2D eigenvalue weighted by atomic mass is 10.2. The van der Waals surface area contributed by atoms with Crippen LogP contribution in [0.3, 0.4) is 0 Å². The Hall–Kier alpha value is -3.39. The first-order valence-corrected chi connectivity index (χ1v) is 9.10. The number of esters is 1. The molecule has 0 bridgehead atoms. The Morgan fingerprint density at radius 2 is 1.66 bits per heavy atom. The number of rotatable bonds is 6. The molecule has 152 valence electrons. The Kier molecular flexibility index (Phi) is 7.73. The molecule has 0 fully saturated rings. The number of amides is 3. The fourth-order valence-corrected chi connectivity index (χ4v) is 2.43. The average Bonchev–Trinajstić information content (AvgIpc) is 2.69. The molecule has 0 saturated carbocycles. The molecule has 0 aliphatic carbocycles. The maximum Gasteiger partial charge on any atom is 0.338 e. The van der Waals surface area contributed by atoms with E-state index in [4.69, 9.17) is 16.3 Å². The van der Waals surface area contributed by atoms with Gasteiger partial charge < -0.3 is 20.7 Å². The quantitative estimate of drug-likeness (QED) is 0.493. The van der Waals surface area contributed by atoms with E-state index >= 15 is 0 Å². The Morgan fingerprint density at radius 3 is 2.31 bits per heavy atom. The number of carbonyl (C=O) groups is 4. The topological polar surface area (TPSA) is 114 Å². The lowest BCUT2D eigenvalue weighted by molar-refractivity contribution is -0.136. The van der Waals surface area contributed by atoms with E-state index < -0.39 is 23.7 Å². The van der Waals surface area contributed by atoms with Crippen LogP contribution in [-0.2, 0) is 19.1 Å². The van der Waals surface area contributed by atoms with Crippen LogP contribution in [-0.4, -0.2) is 36.8 Å². The smallest absolute Gasteiger partial charge is 0.338 e. The summed E-state index contributed by atoms with van der Waals surface area (Å²) in [7, 11) is 0. The van der Waals surface area contributed by atoms with Gasteiger partial charge in [0.05, 0.1) is 18.7 Å². The maximum absolute atomic E-state index is 12.0. The molecule has 8 nitrogen and oxygen atoms in total. The molecular formula is C20H20ClN3O5. The molecule has 0 heterocycles. The zero-order chi connectivity index (χ0) is 21.4. The highest BCUT2D eigenvalue weighted by atomic mass is 35.5. The molecule has 3 amide bonds. The molecule has 0 atom stereocenters. The minimum atomic E-state index is -0.975. The third kappa shape index (κ3) is 6.62. The monoisotopic (exact) mass is 417 g/mol. The van der Waals surface area contributed by atoms with E-state index in [1.165, 1.54) is 24.3 Å². The number of nitrogens with one attached hydrogen (secondary N) is 3. The van der Waals surface area contributed by atoms with Gasteiger partial charge in [-0.05, 0) is 55.8 Å². The maximum atomic E-state index is 12.0. The summed E-state index contributed by atoms with van der Waals surface area (Å²) in [6.45, 7) is 3.36. The second kappa shape index (κ2) is 10.2. The largest absolute Gasteiger partial charge is 0.462 e. The fourth-order valence-electron chi connectivity index (χ4n) is 2.26. The second-order valence-electron chi connectivity index (χ2n) is 5.94. The molecule has 2 aromatic rings. The van der Waals surface area contributed by atoms with Gasteiger partial charge in [0, 0.05) is 16.4 Å². The molecule has 0 aromatic heterocycles. The Balaban J connectivity index is 1.84. The van der Waals surface area contributed by atoms with Gasteiger partial charge in [-0.25, -0.2) is 4.79 Å². The van der Waals surface area contributed by atoms with Crippen molar-refractivity contribution in [3.8, 4) is 0 Å². The van der Waals surface area contributed by atoms with Crippen LogP contribution in [0.4, 0.5) is 11.4 Å². The first kappa shape index (κ1) is 21.9. The van der Waals surface area contributed by atoms with Gasteiger partial charge in [-0.2, -0.15) is 0 Å². The van der Waals surface area contributed by atoms with Gasteiger partial charge >= 0.3 is 17.8 Å². The molecule has 9 heteroatoms. The second-order valence-corrected chi connectivity index (χ2v) is 6.38. The molecule has 0 spiro atoms. The number of aryl methyl sites for hydroxylation is 1. The summed E-state index contributed by atoms with van der Waals surface area (Å²) in [5.74, 6) is -2.91. The van der Waals surface area contributed by atoms with Crippen molar-refractivity contribution in [1.82, 2.24) is 5.32 Å². The first-order chi connectivity index (χ1) is 13.8. The Morgan fingerprint density at radius 1 is 0.966 bits per heavy atom. The third-order valence-corrected chi connectivity index (χ3v) is 3.98. The van der Waals surface area contributed by atoms with Crippen molar-refractivity contribution in [1.29, 1.82) is 0 Å². The molecule has 0 radical (unpaired) electrons. The zero-order valence-electron chi connectivity index (χ0n) is 15.9. The van der Waals surface area contributed by atoms with Crippen LogP contribution in [0.5, 0.6) is 0 Å². The van der Waals surface area contributed by atoms with Crippen molar-refractivity contribution in [2.24, 2.45) is 0 Å². The Labute approximate surface area is 172 Å². The van der Waals surface area contributed by atoms with E-state index in [1.807, 2.05) is 0 Å². The molecule has 0 aliphatic rings. The summed E-state index contributed by atoms with van der Waals surface area (Å²) < 4.78 is 4.86.